The monoisotopic (exact) mass is 936 g/mol. The van der Waals surface area contributed by atoms with Crippen molar-refractivity contribution in [2.75, 3.05) is 106 Å². The highest BCUT2D eigenvalue weighted by Gasteiger charge is 2.01. The summed E-state index contributed by atoms with van der Waals surface area (Å²) in [6, 6.07) is 46.6. The van der Waals surface area contributed by atoms with E-state index in [1.54, 1.807) is 0 Å². The lowest BCUT2D eigenvalue weighted by atomic mass is 10.1. The molecule has 12 rings (SSSR count). The molecule has 0 amide bonds. The lowest BCUT2D eigenvalue weighted by Gasteiger charge is -2.09. The van der Waals surface area contributed by atoms with E-state index in [0.717, 1.165) is 67.5 Å². The number of fused-ring (bicyclic) bond motifs is 2. The van der Waals surface area contributed by atoms with Crippen LogP contribution in [-0.4, -0.2) is 106 Å². The second-order valence-corrected chi connectivity index (χ2v) is 15.3. The molecule has 70 heavy (non-hydrogen) atoms. The Morgan fingerprint density at radius 1 is 0.200 bits per heavy atom. The minimum atomic E-state index is 0.414. The molecule has 0 saturated carbocycles. The minimum absolute atomic E-state index is 0.414. The summed E-state index contributed by atoms with van der Waals surface area (Å²) in [4.78, 5) is 0. The summed E-state index contributed by atoms with van der Waals surface area (Å²) in [6.07, 6.45) is 0. The highest BCUT2D eigenvalue weighted by atomic mass is 16.6. The molecular weight excluding hydrogens is 881 g/mol. The molecule has 0 atom stereocenters. The Labute approximate surface area is 412 Å². The normalized spacial score (nSPS) is 15.2. The molecule has 10 nitrogen and oxygen atoms in total. The molecule has 356 valence electrons. The van der Waals surface area contributed by atoms with Gasteiger partial charge in [-0.3, -0.25) is 0 Å². The summed E-state index contributed by atoms with van der Waals surface area (Å²) in [6.45, 7) is 7.20. The van der Waals surface area contributed by atoms with Crippen LogP contribution in [0.1, 0.15) is 44.5 Å². The number of ether oxygens (including phenoxy) is 10. The van der Waals surface area contributed by atoms with Crippen molar-refractivity contribution in [3.63, 3.8) is 0 Å². The minimum Gasteiger partial charge on any atom is -0.491 e. The van der Waals surface area contributed by atoms with Crippen molar-refractivity contribution in [2.24, 2.45) is 0 Å². The fraction of sp³-hybridized carbons (Fsp3) is 0.267. The van der Waals surface area contributed by atoms with E-state index in [9.17, 15) is 0 Å². The van der Waals surface area contributed by atoms with Gasteiger partial charge in [-0.05, 0) is 133 Å². The van der Waals surface area contributed by atoms with Gasteiger partial charge in [-0.15, -0.1) is 0 Å². The quantitative estimate of drug-likeness (QED) is 0.138. The standard InChI is InChI=1S/C60H56O10/c1-3-55-21-19-51-11-13-52(14-12-51)20-22-56-4-2-6-60(48-56)70-46-42-66-38-34-62-32-36-64-40-44-68-58-29-25-54(26-30-58)18-16-50-9-7-49(8-10-50)15-17-53-23-27-57(28-24-53)67-43-39-63-35-31-61-33-37-65-41-45-69-59(5-1)47-55/h1-14,23-30,47-48H,31-46H2. The molecule has 6 aliphatic heterocycles. The zero-order chi connectivity index (χ0) is 47.9. The third-order valence-electron chi connectivity index (χ3n) is 10.0. The molecule has 0 unspecified atom stereocenters. The van der Waals surface area contributed by atoms with Crippen LogP contribution in [0, 0.1) is 47.4 Å². The molecular formula is C60H56O10. The molecule has 12 bridgehead atoms. The molecule has 0 radical (unpaired) electrons. The van der Waals surface area contributed by atoms with E-state index in [-0.39, 0.29) is 0 Å². The first-order valence-electron chi connectivity index (χ1n) is 23.4. The molecule has 0 aliphatic carbocycles. The number of rotatable bonds is 0. The maximum absolute atomic E-state index is 5.89. The third kappa shape index (κ3) is 19.6. The highest BCUT2D eigenvalue weighted by molar-refractivity contribution is 5.51. The van der Waals surface area contributed by atoms with E-state index < -0.39 is 0 Å². The Morgan fingerprint density at radius 3 is 0.686 bits per heavy atom. The van der Waals surface area contributed by atoms with Crippen LogP contribution in [-0.2, 0) is 28.4 Å². The predicted octanol–water partition coefficient (Wildman–Crippen LogP) is 8.61. The Bertz CT molecular complexity index is 2550. The zero-order valence-electron chi connectivity index (χ0n) is 39.3. The van der Waals surface area contributed by atoms with Crippen molar-refractivity contribution in [3.05, 3.63) is 190 Å². The fourth-order valence-corrected chi connectivity index (χ4v) is 6.40. The molecule has 10 heteroatoms. The van der Waals surface area contributed by atoms with E-state index in [0.29, 0.717) is 106 Å². The van der Waals surface area contributed by atoms with Crippen LogP contribution in [0.5, 0.6) is 23.0 Å². The van der Waals surface area contributed by atoms with Crippen LogP contribution in [0.3, 0.4) is 0 Å². The first kappa shape index (κ1) is 50.4. The maximum Gasteiger partial charge on any atom is 0.120 e. The van der Waals surface area contributed by atoms with Crippen molar-refractivity contribution in [3.8, 4) is 70.4 Å². The molecule has 6 aromatic carbocycles. The second-order valence-electron chi connectivity index (χ2n) is 15.3. The summed E-state index contributed by atoms with van der Waals surface area (Å²) in [5.41, 5.74) is 7.08. The summed E-state index contributed by atoms with van der Waals surface area (Å²) in [7, 11) is 0. The number of benzene rings is 6. The van der Waals surface area contributed by atoms with E-state index in [1.807, 2.05) is 146 Å². The molecule has 6 aliphatic rings. The average molecular weight is 937 g/mol. The molecule has 0 spiro atoms. The fourth-order valence-electron chi connectivity index (χ4n) is 6.40. The van der Waals surface area contributed by atoms with E-state index in [4.69, 9.17) is 47.4 Å². The Balaban J connectivity index is 0.852. The third-order valence-corrected chi connectivity index (χ3v) is 10.0. The van der Waals surface area contributed by atoms with Crippen LogP contribution in [0.2, 0.25) is 0 Å². The van der Waals surface area contributed by atoms with Gasteiger partial charge in [-0.25, -0.2) is 0 Å². The van der Waals surface area contributed by atoms with Crippen molar-refractivity contribution in [1.29, 1.82) is 0 Å². The van der Waals surface area contributed by atoms with Gasteiger partial charge in [-0.2, -0.15) is 0 Å². The first-order chi connectivity index (χ1) is 34.7. The van der Waals surface area contributed by atoms with Crippen LogP contribution < -0.4 is 18.9 Å². The molecule has 0 fully saturated rings. The van der Waals surface area contributed by atoms with E-state index in [1.165, 1.54) is 0 Å². The van der Waals surface area contributed by atoms with Gasteiger partial charge < -0.3 is 47.4 Å². The van der Waals surface area contributed by atoms with Crippen LogP contribution in [0.25, 0.3) is 0 Å². The summed E-state index contributed by atoms with van der Waals surface area (Å²) in [5.74, 6) is 28.7. The molecule has 0 aromatic heterocycles. The van der Waals surface area contributed by atoms with Gasteiger partial charge in [0, 0.05) is 44.5 Å². The molecule has 6 heterocycles. The van der Waals surface area contributed by atoms with Crippen LogP contribution in [0.4, 0.5) is 0 Å². The van der Waals surface area contributed by atoms with E-state index in [2.05, 4.69) is 47.4 Å². The van der Waals surface area contributed by atoms with Gasteiger partial charge in [0.1, 0.15) is 49.4 Å². The van der Waals surface area contributed by atoms with Crippen molar-refractivity contribution >= 4 is 0 Å². The second kappa shape index (κ2) is 30.1. The summed E-state index contributed by atoms with van der Waals surface area (Å²) in [5, 5.41) is 0. The van der Waals surface area contributed by atoms with Gasteiger partial charge in [0.15, 0.2) is 0 Å². The smallest absolute Gasteiger partial charge is 0.120 e. The van der Waals surface area contributed by atoms with E-state index >= 15 is 0 Å². The topological polar surface area (TPSA) is 92.3 Å². The molecule has 0 N–H and O–H groups in total. The zero-order valence-corrected chi connectivity index (χ0v) is 39.3. The van der Waals surface area contributed by atoms with Gasteiger partial charge in [0.05, 0.1) is 79.3 Å². The Morgan fingerprint density at radius 2 is 0.414 bits per heavy atom. The lowest BCUT2D eigenvalue weighted by Crippen LogP contribution is -2.14. The van der Waals surface area contributed by atoms with Crippen LogP contribution >= 0.6 is 0 Å². The van der Waals surface area contributed by atoms with Gasteiger partial charge >= 0.3 is 0 Å². The first-order valence-corrected chi connectivity index (χ1v) is 23.4. The predicted molar refractivity (Wildman–Crippen MR) is 269 cm³/mol. The summed E-state index contributed by atoms with van der Waals surface area (Å²) >= 11 is 0. The SMILES string of the molecule is C1#Cc2ccc(cc2)OCCOCCOCCOCCOc2cccc(c2)C#Cc2ccc(cc2)C#Cc2cccc(c2)OCCOCCOCCOCCOc2ccc(cc2)C#Cc2ccc1cc2. The van der Waals surface area contributed by atoms with Crippen molar-refractivity contribution in [1.82, 2.24) is 0 Å². The molecule has 0 saturated heterocycles. The van der Waals surface area contributed by atoms with Gasteiger partial charge in [0.2, 0.25) is 0 Å². The van der Waals surface area contributed by atoms with Gasteiger partial charge in [-0.1, -0.05) is 59.5 Å². The summed E-state index contributed by atoms with van der Waals surface area (Å²) < 4.78 is 57.4. The van der Waals surface area contributed by atoms with Gasteiger partial charge in [0.25, 0.3) is 0 Å². The number of hydrogen-bond donors (Lipinski definition) is 0. The van der Waals surface area contributed by atoms with Crippen molar-refractivity contribution < 1.29 is 47.4 Å². The molecule has 6 aromatic rings. The maximum atomic E-state index is 5.89. The lowest BCUT2D eigenvalue weighted by molar-refractivity contribution is 0.00499. The van der Waals surface area contributed by atoms with Crippen LogP contribution in [0.15, 0.2) is 146 Å². The largest absolute Gasteiger partial charge is 0.491 e. The Kier molecular flexibility index (Phi) is 21.7. The van der Waals surface area contributed by atoms with Crippen molar-refractivity contribution in [2.45, 2.75) is 0 Å². The Hall–Kier alpha value is -7.48. The highest BCUT2D eigenvalue weighted by Crippen LogP contribution is 2.16. The average Bonchev–Trinajstić information content (AvgIpc) is 3.40. The number of hydrogen-bond acceptors (Lipinski definition) is 10.